The zero-order valence-corrected chi connectivity index (χ0v) is 12.3. The molecule has 0 saturated carbocycles. The van der Waals surface area contributed by atoms with Crippen LogP contribution in [0.25, 0.3) is 0 Å². The van der Waals surface area contributed by atoms with Gasteiger partial charge in [0, 0.05) is 19.2 Å². The van der Waals surface area contributed by atoms with Gasteiger partial charge in [0.05, 0.1) is 0 Å². The number of rotatable bonds is 8. The molecule has 19 heavy (non-hydrogen) atoms. The lowest BCUT2D eigenvalue weighted by molar-refractivity contribution is 0.104. The number of nitrogens with one attached hydrogen (secondary N) is 1. The SMILES string of the molecule is CC(C)NCC(O)COc1ccc(CCO)cc1.Cl. The Balaban J connectivity index is 0.00000324. The number of benzene rings is 1. The third-order valence-electron chi connectivity index (χ3n) is 2.53. The highest BCUT2D eigenvalue weighted by Gasteiger charge is 2.05. The van der Waals surface area contributed by atoms with Crippen LogP contribution in [0.4, 0.5) is 0 Å². The quantitative estimate of drug-likeness (QED) is 0.677. The van der Waals surface area contributed by atoms with Gasteiger partial charge in [-0.25, -0.2) is 0 Å². The van der Waals surface area contributed by atoms with Crippen LogP contribution in [0, 0.1) is 0 Å². The van der Waals surface area contributed by atoms with Crippen LogP contribution >= 0.6 is 12.4 Å². The second kappa shape index (κ2) is 10.0. The summed E-state index contributed by atoms with van der Waals surface area (Å²) in [5.74, 6) is 0.736. The van der Waals surface area contributed by atoms with Crippen LogP contribution in [-0.2, 0) is 6.42 Å². The van der Waals surface area contributed by atoms with Crippen molar-refractivity contribution in [2.75, 3.05) is 19.8 Å². The van der Waals surface area contributed by atoms with E-state index in [4.69, 9.17) is 9.84 Å². The van der Waals surface area contributed by atoms with E-state index < -0.39 is 6.10 Å². The van der Waals surface area contributed by atoms with Crippen LogP contribution < -0.4 is 10.1 Å². The van der Waals surface area contributed by atoms with Crippen molar-refractivity contribution >= 4 is 12.4 Å². The van der Waals surface area contributed by atoms with Gasteiger partial charge in [0.15, 0.2) is 0 Å². The maximum absolute atomic E-state index is 9.68. The first-order valence-corrected chi connectivity index (χ1v) is 6.36. The first kappa shape index (κ1) is 18.2. The summed E-state index contributed by atoms with van der Waals surface area (Å²) in [5.41, 5.74) is 1.08. The molecule has 3 N–H and O–H groups in total. The lowest BCUT2D eigenvalue weighted by Gasteiger charge is -2.15. The molecule has 0 aliphatic carbocycles. The molecule has 1 aromatic rings. The van der Waals surface area contributed by atoms with Crippen molar-refractivity contribution in [1.29, 1.82) is 0 Å². The molecule has 5 heteroatoms. The Morgan fingerprint density at radius 3 is 2.37 bits per heavy atom. The number of ether oxygens (including phenoxy) is 1. The molecule has 0 saturated heterocycles. The summed E-state index contributed by atoms with van der Waals surface area (Å²) in [5, 5.41) is 21.6. The molecule has 0 heterocycles. The molecule has 110 valence electrons. The average molecular weight is 290 g/mol. The maximum Gasteiger partial charge on any atom is 0.119 e. The Morgan fingerprint density at radius 2 is 1.84 bits per heavy atom. The Labute approximate surface area is 121 Å². The van der Waals surface area contributed by atoms with Gasteiger partial charge in [-0.1, -0.05) is 26.0 Å². The minimum Gasteiger partial charge on any atom is -0.491 e. The van der Waals surface area contributed by atoms with E-state index in [9.17, 15) is 5.11 Å². The van der Waals surface area contributed by atoms with E-state index in [1.165, 1.54) is 0 Å². The fourth-order valence-corrected chi connectivity index (χ4v) is 1.50. The number of hydrogen-bond donors (Lipinski definition) is 3. The molecule has 0 aliphatic rings. The van der Waals surface area contributed by atoms with Gasteiger partial charge in [0.2, 0.25) is 0 Å². The van der Waals surface area contributed by atoms with Crippen molar-refractivity contribution in [3.8, 4) is 5.75 Å². The third kappa shape index (κ3) is 8.06. The Morgan fingerprint density at radius 1 is 1.21 bits per heavy atom. The second-order valence-electron chi connectivity index (χ2n) is 4.65. The van der Waals surface area contributed by atoms with Crippen molar-refractivity contribution in [1.82, 2.24) is 5.32 Å². The third-order valence-corrected chi connectivity index (χ3v) is 2.53. The van der Waals surface area contributed by atoms with Gasteiger partial charge in [-0.2, -0.15) is 0 Å². The lowest BCUT2D eigenvalue weighted by Crippen LogP contribution is -2.35. The van der Waals surface area contributed by atoms with E-state index in [1.54, 1.807) is 0 Å². The van der Waals surface area contributed by atoms with Gasteiger partial charge in [0.1, 0.15) is 18.5 Å². The smallest absolute Gasteiger partial charge is 0.119 e. The van der Waals surface area contributed by atoms with E-state index in [-0.39, 0.29) is 25.6 Å². The molecule has 1 aromatic carbocycles. The maximum atomic E-state index is 9.68. The summed E-state index contributed by atoms with van der Waals surface area (Å²) >= 11 is 0. The van der Waals surface area contributed by atoms with Crippen molar-refractivity contribution < 1.29 is 14.9 Å². The highest BCUT2D eigenvalue weighted by molar-refractivity contribution is 5.85. The lowest BCUT2D eigenvalue weighted by atomic mass is 10.1. The Kier molecular flexibility index (Phi) is 9.61. The highest BCUT2D eigenvalue weighted by Crippen LogP contribution is 2.12. The van der Waals surface area contributed by atoms with E-state index in [2.05, 4.69) is 5.32 Å². The first-order valence-electron chi connectivity index (χ1n) is 6.36. The molecule has 0 radical (unpaired) electrons. The predicted molar refractivity (Wildman–Crippen MR) is 79.1 cm³/mol. The largest absolute Gasteiger partial charge is 0.491 e. The highest BCUT2D eigenvalue weighted by atomic mass is 35.5. The second-order valence-corrected chi connectivity index (χ2v) is 4.65. The van der Waals surface area contributed by atoms with E-state index in [0.29, 0.717) is 19.0 Å². The topological polar surface area (TPSA) is 61.7 Å². The normalized spacial score (nSPS) is 12.1. The zero-order chi connectivity index (χ0) is 13.4. The number of aliphatic hydroxyl groups excluding tert-OH is 2. The zero-order valence-electron chi connectivity index (χ0n) is 11.5. The summed E-state index contributed by atoms with van der Waals surface area (Å²) in [6.07, 6.45) is 0.144. The summed E-state index contributed by atoms with van der Waals surface area (Å²) in [6.45, 7) is 5.03. The molecule has 0 amide bonds. The van der Waals surface area contributed by atoms with Crippen LogP contribution in [0.5, 0.6) is 5.75 Å². The van der Waals surface area contributed by atoms with Crippen molar-refractivity contribution in [2.45, 2.75) is 32.4 Å². The van der Waals surface area contributed by atoms with Crippen LogP contribution in [0.15, 0.2) is 24.3 Å². The summed E-state index contributed by atoms with van der Waals surface area (Å²) < 4.78 is 5.48. The molecule has 1 atom stereocenters. The molecule has 0 fully saturated rings. The van der Waals surface area contributed by atoms with Crippen molar-refractivity contribution in [3.63, 3.8) is 0 Å². The van der Waals surface area contributed by atoms with Gasteiger partial charge < -0.3 is 20.3 Å². The standard InChI is InChI=1S/C14H23NO3.ClH/c1-11(2)15-9-13(17)10-18-14-5-3-12(4-6-14)7-8-16;/h3-6,11,13,15-17H,7-10H2,1-2H3;1H. The number of hydrogen-bond acceptors (Lipinski definition) is 4. The predicted octanol–water partition coefficient (Wildman–Crippen LogP) is 1.38. The average Bonchev–Trinajstić information content (AvgIpc) is 2.36. The summed E-state index contributed by atoms with van der Waals surface area (Å²) in [7, 11) is 0. The van der Waals surface area contributed by atoms with Crippen molar-refractivity contribution in [2.24, 2.45) is 0 Å². The molecule has 1 unspecified atom stereocenters. The van der Waals surface area contributed by atoms with Crippen molar-refractivity contribution in [3.05, 3.63) is 29.8 Å². The molecule has 0 aliphatic heterocycles. The monoisotopic (exact) mass is 289 g/mol. The molecule has 1 rings (SSSR count). The summed E-state index contributed by atoms with van der Waals surface area (Å²) in [4.78, 5) is 0. The van der Waals surface area contributed by atoms with Gasteiger partial charge in [0.25, 0.3) is 0 Å². The van der Waals surface area contributed by atoms with Gasteiger partial charge in [-0.15, -0.1) is 12.4 Å². The summed E-state index contributed by atoms with van der Waals surface area (Å²) in [6, 6.07) is 7.91. The van der Waals surface area contributed by atoms with Gasteiger partial charge in [-0.05, 0) is 24.1 Å². The Bertz CT molecular complexity index is 330. The Hall–Kier alpha value is -0.810. The molecule has 0 spiro atoms. The van der Waals surface area contributed by atoms with Crippen LogP contribution in [0.3, 0.4) is 0 Å². The number of aliphatic hydroxyl groups is 2. The molecular weight excluding hydrogens is 266 g/mol. The van der Waals surface area contributed by atoms with Gasteiger partial charge >= 0.3 is 0 Å². The van der Waals surface area contributed by atoms with E-state index in [1.807, 2.05) is 38.1 Å². The molecular formula is C14H24ClNO3. The van der Waals surface area contributed by atoms with Crippen LogP contribution in [-0.4, -0.2) is 42.1 Å². The minimum absolute atomic E-state index is 0. The van der Waals surface area contributed by atoms with E-state index >= 15 is 0 Å². The fourth-order valence-electron chi connectivity index (χ4n) is 1.50. The van der Waals surface area contributed by atoms with Gasteiger partial charge in [-0.3, -0.25) is 0 Å². The molecule has 0 aromatic heterocycles. The van der Waals surface area contributed by atoms with E-state index in [0.717, 1.165) is 11.3 Å². The van der Waals surface area contributed by atoms with Crippen LogP contribution in [0.1, 0.15) is 19.4 Å². The number of halogens is 1. The first-order chi connectivity index (χ1) is 8.61. The molecule has 4 nitrogen and oxygen atoms in total. The van der Waals surface area contributed by atoms with Crippen LogP contribution in [0.2, 0.25) is 0 Å². The fraction of sp³-hybridized carbons (Fsp3) is 0.571. The molecule has 0 bridgehead atoms. The minimum atomic E-state index is -0.510.